The van der Waals surface area contributed by atoms with Gasteiger partial charge in [-0.2, -0.15) is 0 Å². The molecule has 2 aliphatic heterocycles. The highest BCUT2D eigenvalue weighted by atomic mass is 35.5. The number of hydrogen-bond donors (Lipinski definition) is 0. The Morgan fingerprint density at radius 3 is 2.44 bits per heavy atom. The lowest BCUT2D eigenvalue weighted by molar-refractivity contribution is -0.135. The predicted molar refractivity (Wildman–Crippen MR) is 68.6 cm³/mol. The molecule has 6 heteroatoms. The first-order valence-corrected chi connectivity index (χ1v) is 6.63. The SMILES string of the molecule is O=C(C1CN(c2ncc(Cl)cn2)C1)N1CCCC1. The quantitative estimate of drug-likeness (QED) is 0.807. The van der Waals surface area contributed by atoms with Crippen LogP contribution in [0.4, 0.5) is 5.95 Å². The Bertz CT molecular complexity index is 438. The normalized spacial score (nSPS) is 20.1. The summed E-state index contributed by atoms with van der Waals surface area (Å²) in [5, 5.41) is 0.531. The van der Waals surface area contributed by atoms with Crippen molar-refractivity contribution in [3.63, 3.8) is 0 Å². The van der Waals surface area contributed by atoms with E-state index in [9.17, 15) is 4.79 Å². The molecule has 0 bridgehead atoms. The van der Waals surface area contributed by atoms with Crippen LogP contribution < -0.4 is 4.90 Å². The molecule has 2 aliphatic rings. The number of hydrogen-bond acceptors (Lipinski definition) is 4. The standard InChI is InChI=1S/C12H15ClN4O/c13-10-5-14-12(15-6-10)17-7-9(8-17)11(18)16-3-1-2-4-16/h5-6,9H,1-4,7-8H2. The summed E-state index contributed by atoms with van der Waals surface area (Å²) in [5.74, 6) is 1.06. The first-order valence-electron chi connectivity index (χ1n) is 6.25. The van der Waals surface area contributed by atoms with Crippen molar-refractivity contribution in [3.05, 3.63) is 17.4 Å². The zero-order valence-electron chi connectivity index (χ0n) is 10.0. The molecule has 3 heterocycles. The fraction of sp³-hybridized carbons (Fsp3) is 0.583. The second kappa shape index (κ2) is 4.72. The van der Waals surface area contributed by atoms with Gasteiger partial charge in [-0.1, -0.05) is 11.6 Å². The lowest BCUT2D eigenvalue weighted by Crippen LogP contribution is -2.54. The van der Waals surface area contributed by atoms with Gasteiger partial charge in [0.05, 0.1) is 23.3 Å². The van der Waals surface area contributed by atoms with Gasteiger partial charge in [0.25, 0.3) is 0 Å². The van der Waals surface area contributed by atoms with E-state index in [4.69, 9.17) is 11.6 Å². The van der Waals surface area contributed by atoms with Crippen LogP contribution in [-0.2, 0) is 4.79 Å². The van der Waals surface area contributed by atoms with Crippen molar-refractivity contribution in [1.82, 2.24) is 14.9 Å². The number of rotatable bonds is 2. The summed E-state index contributed by atoms with van der Waals surface area (Å²) in [6, 6.07) is 0. The van der Waals surface area contributed by atoms with Gasteiger partial charge in [0.2, 0.25) is 11.9 Å². The molecule has 0 atom stereocenters. The highest BCUT2D eigenvalue weighted by Gasteiger charge is 2.37. The molecular weight excluding hydrogens is 252 g/mol. The second-order valence-electron chi connectivity index (χ2n) is 4.84. The zero-order chi connectivity index (χ0) is 12.5. The lowest BCUT2D eigenvalue weighted by atomic mass is 9.99. The Morgan fingerprint density at radius 1 is 1.22 bits per heavy atom. The summed E-state index contributed by atoms with van der Waals surface area (Å²) >= 11 is 5.74. The third kappa shape index (κ3) is 2.14. The summed E-state index contributed by atoms with van der Waals surface area (Å²) in [7, 11) is 0. The highest BCUT2D eigenvalue weighted by molar-refractivity contribution is 6.30. The molecule has 0 aliphatic carbocycles. The monoisotopic (exact) mass is 266 g/mol. The molecule has 96 valence electrons. The summed E-state index contributed by atoms with van der Waals surface area (Å²) in [6.07, 6.45) is 5.45. The lowest BCUT2D eigenvalue weighted by Gasteiger charge is -2.39. The van der Waals surface area contributed by atoms with Crippen LogP contribution >= 0.6 is 11.6 Å². The molecule has 0 N–H and O–H groups in total. The van der Waals surface area contributed by atoms with E-state index >= 15 is 0 Å². The smallest absolute Gasteiger partial charge is 0.229 e. The number of likely N-dealkylation sites (tertiary alicyclic amines) is 1. The fourth-order valence-electron chi connectivity index (χ4n) is 2.46. The Labute approximate surface area is 111 Å². The Hall–Kier alpha value is -1.36. The maximum absolute atomic E-state index is 12.1. The average Bonchev–Trinajstić information content (AvgIpc) is 2.83. The summed E-state index contributed by atoms with van der Waals surface area (Å²) < 4.78 is 0. The van der Waals surface area contributed by atoms with Gasteiger partial charge in [0.1, 0.15) is 0 Å². The Balaban J connectivity index is 1.56. The Morgan fingerprint density at radius 2 is 1.83 bits per heavy atom. The fourth-order valence-corrected chi connectivity index (χ4v) is 2.56. The van der Waals surface area contributed by atoms with E-state index in [1.807, 2.05) is 9.80 Å². The van der Waals surface area contributed by atoms with Crippen molar-refractivity contribution in [1.29, 1.82) is 0 Å². The van der Waals surface area contributed by atoms with Crippen molar-refractivity contribution in [2.75, 3.05) is 31.1 Å². The predicted octanol–water partition coefficient (Wildman–Crippen LogP) is 1.19. The molecule has 3 rings (SSSR count). The van der Waals surface area contributed by atoms with Gasteiger partial charge < -0.3 is 9.80 Å². The summed E-state index contributed by atoms with van der Waals surface area (Å²) in [4.78, 5) is 24.4. The molecule has 1 amide bonds. The molecule has 0 saturated carbocycles. The van der Waals surface area contributed by atoms with Crippen molar-refractivity contribution in [2.45, 2.75) is 12.8 Å². The van der Waals surface area contributed by atoms with Gasteiger partial charge in [0.15, 0.2) is 0 Å². The molecule has 2 fully saturated rings. The molecule has 5 nitrogen and oxygen atoms in total. The number of aromatic nitrogens is 2. The van der Waals surface area contributed by atoms with E-state index in [0.717, 1.165) is 39.0 Å². The molecule has 1 aromatic heterocycles. The maximum atomic E-state index is 12.1. The van der Waals surface area contributed by atoms with Crippen LogP contribution in [0.3, 0.4) is 0 Å². The molecule has 1 aromatic rings. The van der Waals surface area contributed by atoms with Crippen LogP contribution in [0.5, 0.6) is 0 Å². The van der Waals surface area contributed by atoms with Crippen molar-refractivity contribution in [2.24, 2.45) is 5.92 Å². The molecule has 0 aromatic carbocycles. The van der Waals surface area contributed by atoms with Crippen LogP contribution in [-0.4, -0.2) is 47.0 Å². The van der Waals surface area contributed by atoms with Crippen molar-refractivity contribution in [3.8, 4) is 0 Å². The summed E-state index contributed by atoms with van der Waals surface area (Å²) in [6.45, 7) is 3.29. The molecule has 0 radical (unpaired) electrons. The first kappa shape index (κ1) is 11.7. The minimum atomic E-state index is 0.113. The van der Waals surface area contributed by atoms with Gasteiger partial charge in [-0.05, 0) is 12.8 Å². The number of carbonyl (C=O) groups is 1. The largest absolute Gasteiger partial charge is 0.342 e. The summed E-state index contributed by atoms with van der Waals surface area (Å²) in [5.41, 5.74) is 0. The van der Waals surface area contributed by atoms with E-state index in [-0.39, 0.29) is 11.8 Å². The molecule has 18 heavy (non-hydrogen) atoms. The number of nitrogens with zero attached hydrogens (tertiary/aromatic N) is 4. The van der Waals surface area contributed by atoms with Crippen LogP contribution in [0.25, 0.3) is 0 Å². The maximum Gasteiger partial charge on any atom is 0.229 e. The average molecular weight is 267 g/mol. The van der Waals surface area contributed by atoms with Gasteiger partial charge >= 0.3 is 0 Å². The van der Waals surface area contributed by atoms with Gasteiger partial charge in [-0.25, -0.2) is 9.97 Å². The zero-order valence-corrected chi connectivity index (χ0v) is 10.8. The van der Waals surface area contributed by atoms with Crippen molar-refractivity contribution < 1.29 is 4.79 Å². The van der Waals surface area contributed by atoms with Crippen LogP contribution in [0.1, 0.15) is 12.8 Å². The van der Waals surface area contributed by atoms with Gasteiger partial charge in [0, 0.05) is 26.2 Å². The van der Waals surface area contributed by atoms with Gasteiger partial charge in [-0.3, -0.25) is 4.79 Å². The molecular formula is C12H15ClN4O. The third-order valence-electron chi connectivity index (χ3n) is 3.54. The third-order valence-corrected chi connectivity index (χ3v) is 3.73. The molecule has 2 saturated heterocycles. The topological polar surface area (TPSA) is 49.3 Å². The van der Waals surface area contributed by atoms with E-state index < -0.39 is 0 Å². The number of amides is 1. The van der Waals surface area contributed by atoms with Crippen molar-refractivity contribution >= 4 is 23.5 Å². The Kier molecular flexibility index (Phi) is 3.07. The van der Waals surface area contributed by atoms with E-state index in [0.29, 0.717) is 11.0 Å². The van der Waals surface area contributed by atoms with Gasteiger partial charge in [-0.15, -0.1) is 0 Å². The molecule has 0 unspecified atom stereocenters. The van der Waals surface area contributed by atoms with Crippen LogP contribution in [0.15, 0.2) is 12.4 Å². The number of carbonyl (C=O) groups excluding carboxylic acids is 1. The minimum Gasteiger partial charge on any atom is -0.342 e. The van der Waals surface area contributed by atoms with E-state index in [1.165, 1.54) is 0 Å². The number of halogens is 1. The van der Waals surface area contributed by atoms with E-state index in [2.05, 4.69) is 9.97 Å². The first-order chi connectivity index (χ1) is 8.74. The minimum absolute atomic E-state index is 0.113. The van der Waals surface area contributed by atoms with Crippen LogP contribution in [0.2, 0.25) is 5.02 Å². The van der Waals surface area contributed by atoms with E-state index in [1.54, 1.807) is 12.4 Å². The molecule has 0 spiro atoms. The highest BCUT2D eigenvalue weighted by Crippen LogP contribution is 2.24. The second-order valence-corrected chi connectivity index (χ2v) is 5.27. The van der Waals surface area contributed by atoms with Crippen LogP contribution in [0, 0.1) is 5.92 Å². The number of anilines is 1.